The molecule has 1 saturated carbocycles. The first-order valence-electron chi connectivity index (χ1n) is 9.14. The van der Waals surface area contributed by atoms with Gasteiger partial charge in [0.2, 0.25) is 12.3 Å². The van der Waals surface area contributed by atoms with Crippen LogP contribution >= 0.6 is 0 Å². The second-order valence-electron chi connectivity index (χ2n) is 7.08. The predicted octanol–water partition coefficient (Wildman–Crippen LogP) is 3.22. The van der Waals surface area contributed by atoms with Crippen molar-refractivity contribution in [1.82, 2.24) is 10.3 Å². The Balaban J connectivity index is 1.61. The number of benzene rings is 1. The Labute approximate surface area is 154 Å². The van der Waals surface area contributed by atoms with Gasteiger partial charge in [0, 0.05) is 18.2 Å². The van der Waals surface area contributed by atoms with Gasteiger partial charge < -0.3 is 10.6 Å². The number of nitrogens with one attached hydrogen (secondary N) is 2. The summed E-state index contributed by atoms with van der Waals surface area (Å²) in [5.41, 5.74) is 4.25. The molecule has 0 bridgehead atoms. The number of hydrogen-bond donors (Lipinski definition) is 2. The summed E-state index contributed by atoms with van der Waals surface area (Å²) in [4.78, 5) is 27.5. The summed E-state index contributed by atoms with van der Waals surface area (Å²) in [5.74, 6) is -0.0568. The lowest BCUT2D eigenvalue weighted by Crippen LogP contribution is -2.37. The van der Waals surface area contributed by atoms with Gasteiger partial charge in [0.15, 0.2) is 0 Å². The highest BCUT2D eigenvalue weighted by atomic mass is 16.2. The van der Waals surface area contributed by atoms with Gasteiger partial charge in [-0.05, 0) is 49.8 Å². The Bertz CT molecular complexity index is 758. The third-order valence-electron chi connectivity index (χ3n) is 4.94. The van der Waals surface area contributed by atoms with Crippen molar-refractivity contribution < 1.29 is 9.59 Å². The Morgan fingerprint density at radius 2 is 2.00 bits per heavy atom. The minimum Gasteiger partial charge on any atom is -0.356 e. The van der Waals surface area contributed by atoms with E-state index < -0.39 is 0 Å². The Morgan fingerprint density at radius 1 is 1.19 bits per heavy atom. The van der Waals surface area contributed by atoms with Crippen molar-refractivity contribution in [3.8, 4) is 0 Å². The van der Waals surface area contributed by atoms with Crippen molar-refractivity contribution in [1.29, 1.82) is 0 Å². The molecule has 2 N–H and O–H groups in total. The molecule has 136 valence electrons. The van der Waals surface area contributed by atoms with Crippen LogP contribution in [0.1, 0.15) is 42.4 Å². The molecule has 2 aromatic rings. The molecular formula is C21H25N3O2. The maximum absolute atomic E-state index is 12.6. The predicted molar refractivity (Wildman–Crippen MR) is 102 cm³/mol. The molecule has 26 heavy (non-hydrogen) atoms. The molecule has 0 saturated heterocycles. The van der Waals surface area contributed by atoms with Crippen LogP contribution in [-0.2, 0) is 16.0 Å². The minimum absolute atomic E-state index is 0.0108. The molecule has 1 aromatic heterocycles. The number of anilines is 1. The van der Waals surface area contributed by atoms with Crippen LogP contribution in [0, 0.1) is 12.8 Å². The van der Waals surface area contributed by atoms with Crippen molar-refractivity contribution in [2.24, 2.45) is 5.92 Å². The largest absolute Gasteiger partial charge is 0.356 e. The summed E-state index contributed by atoms with van der Waals surface area (Å²) in [6.07, 6.45) is 8.47. The number of pyridine rings is 1. The van der Waals surface area contributed by atoms with Crippen LogP contribution in [0.5, 0.6) is 0 Å². The second-order valence-corrected chi connectivity index (χ2v) is 7.08. The number of nitrogens with zero attached hydrogens (tertiary/aromatic N) is 1. The van der Waals surface area contributed by atoms with E-state index in [4.69, 9.17) is 0 Å². The van der Waals surface area contributed by atoms with Crippen LogP contribution in [0.25, 0.3) is 0 Å². The fraction of sp³-hybridized carbons (Fsp3) is 0.381. The smallest absolute Gasteiger partial charge is 0.227 e. The fourth-order valence-corrected chi connectivity index (χ4v) is 3.51. The lowest BCUT2D eigenvalue weighted by Gasteiger charge is -2.27. The van der Waals surface area contributed by atoms with E-state index in [9.17, 15) is 9.59 Å². The van der Waals surface area contributed by atoms with E-state index in [1.165, 1.54) is 11.1 Å². The second kappa shape index (κ2) is 8.61. The molecule has 0 radical (unpaired) electrons. The van der Waals surface area contributed by atoms with E-state index in [1.54, 1.807) is 6.20 Å². The van der Waals surface area contributed by atoms with Gasteiger partial charge in [-0.2, -0.15) is 0 Å². The van der Waals surface area contributed by atoms with E-state index >= 15 is 0 Å². The molecule has 1 aliphatic carbocycles. The van der Waals surface area contributed by atoms with Crippen molar-refractivity contribution in [3.05, 3.63) is 59.4 Å². The Morgan fingerprint density at radius 3 is 2.77 bits per heavy atom. The first kappa shape index (κ1) is 18.1. The van der Waals surface area contributed by atoms with Gasteiger partial charge in [0.25, 0.3) is 0 Å². The number of hydrogen-bond acceptors (Lipinski definition) is 3. The van der Waals surface area contributed by atoms with Gasteiger partial charge in [-0.15, -0.1) is 0 Å². The van der Waals surface area contributed by atoms with Gasteiger partial charge in [-0.25, -0.2) is 0 Å². The summed E-state index contributed by atoms with van der Waals surface area (Å²) in [7, 11) is 0. The molecule has 3 rings (SSSR count). The zero-order valence-electron chi connectivity index (χ0n) is 15.1. The summed E-state index contributed by atoms with van der Waals surface area (Å²) < 4.78 is 0. The molecule has 1 aliphatic rings. The van der Waals surface area contributed by atoms with Crippen LogP contribution in [0.2, 0.25) is 0 Å². The molecule has 5 heteroatoms. The summed E-state index contributed by atoms with van der Waals surface area (Å²) in [6.45, 7) is 2.07. The summed E-state index contributed by atoms with van der Waals surface area (Å²) in [6, 6.07) is 10.5. The van der Waals surface area contributed by atoms with Crippen molar-refractivity contribution >= 4 is 18.0 Å². The van der Waals surface area contributed by atoms with Gasteiger partial charge in [-0.3, -0.25) is 14.6 Å². The number of carbonyl (C=O) groups is 2. The quantitative estimate of drug-likeness (QED) is 0.785. The molecule has 5 nitrogen and oxygen atoms in total. The maximum Gasteiger partial charge on any atom is 0.227 e. The Kier molecular flexibility index (Phi) is 6.00. The van der Waals surface area contributed by atoms with E-state index in [-0.39, 0.29) is 17.9 Å². The summed E-state index contributed by atoms with van der Waals surface area (Å²) in [5, 5.41) is 5.79. The van der Waals surface area contributed by atoms with Crippen LogP contribution < -0.4 is 10.6 Å². The number of aromatic nitrogens is 1. The lowest BCUT2D eigenvalue weighted by atomic mass is 9.85. The highest BCUT2D eigenvalue weighted by molar-refractivity contribution is 5.92. The van der Waals surface area contributed by atoms with Gasteiger partial charge >= 0.3 is 0 Å². The maximum atomic E-state index is 12.6. The van der Waals surface area contributed by atoms with Crippen LogP contribution in [0.3, 0.4) is 0 Å². The number of carbonyl (C=O) groups excluding carboxylic acids is 2. The lowest BCUT2D eigenvalue weighted by molar-refractivity contribution is -0.121. The van der Waals surface area contributed by atoms with Crippen LogP contribution in [-0.4, -0.2) is 23.3 Å². The topological polar surface area (TPSA) is 71.1 Å². The van der Waals surface area contributed by atoms with E-state index in [2.05, 4.69) is 46.8 Å². The average Bonchev–Trinajstić information content (AvgIpc) is 2.64. The van der Waals surface area contributed by atoms with Crippen molar-refractivity contribution in [2.75, 3.05) is 5.32 Å². The third kappa shape index (κ3) is 4.91. The molecule has 2 amide bonds. The third-order valence-corrected chi connectivity index (χ3v) is 4.94. The highest BCUT2D eigenvalue weighted by Gasteiger charge is 2.27. The first-order valence-corrected chi connectivity index (χ1v) is 9.14. The highest BCUT2D eigenvalue weighted by Crippen LogP contribution is 2.25. The normalized spacial score (nSPS) is 19.6. The number of rotatable bonds is 6. The molecule has 2 atom stereocenters. The standard InChI is InChI=1S/C21H25N3O2/c1-15-5-7-16(8-6-15)9-17-10-20(13-22-12-17)24-21(26)18-3-2-4-19(11-18)23-14-25/h5-8,10,12-14,18-19H,2-4,9,11H2,1H3,(H,23,25)(H,24,26). The average molecular weight is 351 g/mol. The zero-order valence-corrected chi connectivity index (χ0v) is 15.1. The van der Waals surface area contributed by atoms with Gasteiger partial charge in [-0.1, -0.05) is 36.2 Å². The number of aryl methyl sites for hydroxylation is 1. The minimum atomic E-state index is -0.0676. The monoisotopic (exact) mass is 351 g/mol. The van der Waals surface area contributed by atoms with E-state index in [0.29, 0.717) is 6.42 Å². The molecule has 1 aromatic carbocycles. The van der Waals surface area contributed by atoms with Gasteiger partial charge in [0.1, 0.15) is 0 Å². The van der Waals surface area contributed by atoms with Crippen LogP contribution in [0.15, 0.2) is 42.7 Å². The molecule has 2 unspecified atom stereocenters. The van der Waals surface area contributed by atoms with Crippen molar-refractivity contribution in [2.45, 2.75) is 45.1 Å². The zero-order chi connectivity index (χ0) is 18.4. The SMILES string of the molecule is Cc1ccc(Cc2cncc(NC(=O)C3CCCC(NC=O)C3)c2)cc1. The summed E-state index contributed by atoms with van der Waals surface area (Å²) >= 11 is 0. The molecule has 1 heterocycles. The van der Waals surface area contributed by atoms with Gasteiger partial charge in [0.05, 0.1) is 11.9 Å². The number of amides is 2. The van der Waals surface area contributed by atoms with E-state index in [1.807, 2.05) is 12.3 Å². The van der Waals surface area contributed by atoms with Crippen LogP contribution in [0.4, 0.5) is 5.69 Å². The molecular weight excluding hydrogens is 326 g/mol. The molecule has 0 aliphatic heterocycles. The Hall–Kier alpha value is -2.69. The van der Waals surface area contributed by atoms with E-state index in [0.717, 1.165) is 43.3 Å². The fourth-order valence-electron chi connectivity index (χ4n) is 3.51. The molecule has 1 fully saturated rings. The molecule has 0 spiro atoms. The van der Waals surface area contributed by atoms with Crippen molar-refractivity contribution in [3.63, 3.8) is 0 Å². The first-order chi connectivity index (χ1) is 12.6.